The molecule has 0 aromatic carbocycles. The van der Waals surface area contributed by atoms with Gasteiger partial charge in [-0.15, -0.1) is 0 Å². The number of rotatable bonds is 2. The topological polar surface area (TPSA) is 97.4 Å². The largest absolute Gasteiger partial charge is 0.450 e. The van der Waals surface area contributed by atoms with Crippen LogP contribution in [-0.4, -0.2) is 54.4 Å². The second-order valence-electron chi connectivity index (χ2n) is 3.03. The number of nitrogens with zero attached hydrogens (tertiary/aromatic N) is 2. The standard InChI is InChI=1S/C8H15N3O4/c1-2-14-8(12)11-3-4-15-6(5-11)7(9)10-13/h6,13H,2-5H2,1H3,(H2,9,10). The van der Waals surface area contributed by atoms with E-state index in [1.165, 1.54) is 4.90 Å². The van der Waals surface area contributed by atoms with Gasteiger partial charge in [-0.05, 0) is 6.92 Å². The number of ether oxygens (including phenoxy) is 2. The summed E-state index contributed by atoms with van der Waals surface area (Å²) in [6.07, 6.45) is -0.968. The number of carbonyl (C=O) groups excluding carboxylic acids is 1. The van der Waals surface area contributed by atoms with E-state index in [2.05, 4.69) is 5.16 Å². The number of morpholine rings is 1. The molecule has 0 spiro atoms. The van der Waals surface area contributed by atoms with Gasteiger partial charge in [-0.25, -0.2) is 4.79 Å². The van der Waals surface area contributed by atoms with Gasteiger partial charge in [-0.2, -0.15) is 0 Å². The highest BCUT2D eigenvalue weighted by atomic mass is 16.6. The summed E-state index contributed by atoms with van der Waals surface area (Å²) in [6, 6.07) is 0. The molecule has 1 amide bonds. The zero-order valence-electron chi connectivity index (χ0n) is 8.55. The Morgan fingerprint density at radius 3 is 3.13 bits per heavy atom. The molecular formula is C8H15N3O4. The molecular weight excluding hydrogens is 202 g/mol. The van der Waals surface area contributed by atoms with Crippen molar-refractivity contribution in [2.45, 2.75) is 13.0 Å². The summed E-state index contributed by atoms with van der Waals surface area (Å²) in [6.45, 7) is 3.10. The van der Waals surface area contributed by atoms with Gasteiger partial charge in [0.2, 0.25) is 0 Å². The second kappa shape index (κ2) is 5.40. The Labute approximate surface area is 87.4 Å². The molecule has 1 atom stereocenters. The first-order chi connectivity index (χ1) is 7.19. The Hall–Kier alpha value is -1.50. The average molecular weight is 217 g/mol. The van der Waals surface area contributed by atoms with E-state index >= 15 is 0 Å². The molecule has 1 aliphatic rings. The number of nitrogens with two attached hydrogens (primary N) is 1. The molecule has 7 heteroatoms. The second-order valence-corrected chi connectivity index (χ2v) is 3.03. The van der Waals surface area contributed by atoms with Gasteiger partial charge in [-0.3, -0.25) is 0 Å². The van der Waals surface area contributed by atoms with Crippen LogP contribution in [0.25, 0.3) is 0 Å². The van der Waals surface area contributed by atoms with Crippen LogP contribution < -0.4 is 5.73 Å². The van der Waals surface area contributed by atoms with E-state index in [0.29, 0.717) is 19.8 Å². The van der Waals surface area contributed by atoms with Gasteiger partial charge in [0, 0.05) is 6.54 Å². The van der Waals surface area contributed by atoms with Crippen LogP contribution in [0.15, 0.2) is 5.16 Å². The van der Waals surface area contributed by atoms with Crippen molar-refractivity contribution in [1.82, 2.24) is 4.90 Å². The fourth-order valence-corrected chi connectivity index (χ4v) is 1.27. The maximum Gasteiger partial charge on any atom is 0.409 e. The Bertz CT molecular complexity index is 256. The maximum atomic E-state index is 11.4. The summed E-state index contributed by atoms with van der Waals surface area (Å²) in [7, 11) is 0. The van der Waals surface area contributed by atoms with E-state index in [1.807, 2.05) is 0 Å². The third-order valence-corrected chi connectivity index (χ3v) is 2.04. The van der Waals surface area contributed by atoms with E-state index in [0.717, 1.165) is 0 Å². The predicted octanol–water partition coefficient (Wildman–Crippen LogP) is -0.410. The Kier molecular flexibility index (Phi) is 4.17. The fourth-order valence-electron chi connectivity index (χ4n) is 1.27. The average Bonchev–Trinajstić information content (AvgIpc) is 2.28. The molecule has 1 fully saturated rings. The zero-order chi connectivity index (χ0) is 11.3. The first-order valence-electron chi connectivity index (χ1n) is 4.69. The molecule has 1 rings (SSSR count). The molecule has 0 saturated carbocycles. The normalized spacial score (nSPS) is 22.6. The Morgan fingerprint density at radius 2 is 2.53 bits per heavy atom. The predicted molar refractivity (Wildman–Crippen MR) is 51.7 cm³/mol. The lowest BCUT2D eigenvalue weighted by Gasteiger charge is -2.31. The van der Waals surface area contributed by atoms with E-state index < -0.39 is 12.2 Å². The smallest absolute Gasteiger partial charge is 0.409 e. The molecule has 0 aromatic heterocycles. The van der Waals surface area contributed by atoms with E-state index in [9.17, 15) is 4.79 Å². The quantitative estimate of drug-likeness (QED) is 0.283. The van der Waals surface area contributed by atoms with Crippen molar-refractivity contribution in [3.8, 4) is 0 Å². The highest BCUT2D eigenvalue weighted by Crippen LogP contribution is 2.06. The molecule has 1 aliphatic heterocycles. The minimum Gasteiger partial charge on any atom is -0.450 e. The molecule has 0 aromatic rings. The van der Waals surface area contributed by atoms with Crippen molar-refractivity contribution in [2.24, 2.45) is 10.9 Å². The molecule has 0 aliphatic carbocycles. The van der Waals surface area contributed by atoms with Crippen LogP contribution >= 0.6 is 0 Å². The highest BCUT2D eigenvalue weighted by molar-refractivity contribution is 5.85. The summed E-state index contributed by atoms with van der Waals surface area (Å²) < 4.78 is 10.1. The number of oxime groups is 1. The molecule has 1 heterocycles. The molecule has 0 radical (unpaired) electrons. The molecule has 7 nitrogen and oxygen atoms in total. The van der Waals surface area contributed by atoms with Crippen LogP contribution in [0.5, 0.6) is 0 Å². The van der Waals surface area contributed by atoms with Crippen LogP contribution in [0.4, 0.5) is 4.79 Å². The van der Waals surface area contributed by atoms with Gasteiger partial charge in [0.25, 0.3) is 0 Å². The lowest BCUT2D eigenvalue weighted by molar-refractivity contribution is 0.00235. The van der Waals surface area contributed by atoms with Crippen LogP contribution in [0.3, 0.4) is 0 Å². The summed E-state index contributed by atoms with van der Waals surface area (Å²) in [4.78, 5) is 12.8. The van der Waals surface area contributed by atoms with Gasteiger partial charge < -0.3 is 25.3 Å². The van der Waals surface area contributed by atoms with E-state index in [4.69, 9.17) is 20.4 Å². The highest BCUT2D eigenvalue weighted by Gasteiger charge is 2.27. The van der Waals surface area contributed by atoms with Gasteiger partial charge in [0.05, 0.1) is 19.8 Å². The van der Waals surface area contributed by atoms with Crippen LogP contribution in [0.2, 0.25) is 0 Å². The first-order valence-corrected chi connectivity index (χ1v) is 4.69. The number of amidine groups is 1. The summed E-state index contributed by atoms with van der Waals surface area (Å²) in [5.41, 5.74) is 5.38. The maximum absolute atomic E-state index is 11.4. The lowest BCUT2D eigenvalue weighted by Crippen LogP contribution is -2.50. The SMILES string of the molecule is CCOC(=O)N1CCOC(C(N)=NO)C1. The Balaban J connectivity index is 2.52. The van der Waals surface area contributed by atoms with Crippen molar-refractivity contribution in [3.63, 3.8) is 0 Å². The molecule has 1 saturated heterocycles. The van der Waals surface area contributed by atoms with Crippen molar-refractivity contribution in [1.29, 1.82) is 0 Å². The van der Waals surface area contributed by atoms with Crippen molar-refractivity contribution >= 4 is 11.9 Å². The number of amides is 1. The summed E-state index contributed by atoms with van der Waals surface area (Å²) in [5.74, 6) is -0.0380. The summed E-state index contributed by atoms with van der Waals surface area (Å²) in [5, 5.41) is 11.3. The van der Waals surface area contributed by atoms with Gasteiger partial charge in [0.15, 0.2) is 5.84 Å². The van der Waals surface area contributed by atoms with Crippen LogP contribution in [0, 0.1) is 0 Å². The van der Waals surface area contributed by atoms with Crippen molar-refractivity contribution in [3.05, 3.63) is 0 Å². The van der Waals surface area contributed by atoms with Crippen LogP contribution in [0.1, 0.15) is 6.92 Å². The van der Waals surface area contributed by atoms with E-state index in [1.54, 1.807) is 6.92 Å². The summed E-state index contributed by atoms with van der Waals surface area (Å²) >= 11 is 0. The Morgan fingerprint density at radius 1 is 1.80 bits per heavy atom. The van der Waals surface area contributed by atoms with Gasteiger partial charge in [-0.1, -0.05) is 5.16 Å². The van der Waals surface area contributed by atoms with Crippen molar-refractivity contribution < 1.29 is 19.5 Å². The zero-order valence-corrected chi connectivity index (χ0v) is 8.55. The monoisotopic (exact) mass is 217 g/mol. The third-order valence-electron chi connectivity index (χ3n) is 2.04. The van der Waals surface area contributed by atoms with Crippen LogP contribution in [-0.2, 0) is 9.47 Å². The molecule has 0 bridgehead atoms. The molecule has 86 valence electrons. The van der Waals surface area contributed by atoms with Crippen molar-refractivity contribution in [2.75, 3.05) is 26.3 Å². The number of hydrogen-bond donors (Lipinski definition) is 2. The molecule has 3 N–H and O–H groups in total. The molecule has 15 heavy (non-hydrogen) atoms. The van der Waals surface area contributed by atoms with Gasteiger partial charge >= 0.3 is 6.09 Å². The van der Waals surface area contributed by atoms with E-state index in [-0.39, 0.29) is 12.4 Å². The minimum absolute atomic E-state index is 0.0380. The lowest BCUT2D eigenvalue weighted by atomic mass is 10.2. The minimum atomic E-state index is -0.562. The third kappa shape index (κ3) is 2.98. The fraction of sp³-hybridized carbons (Fsp3) is 0.750. The van der Waals surface area contributed by atoms with Gasteiger partial charge in [0.1, 0.15) is 6.10 Å². The molecule has 1 unspecified atom stereocenters. The number of carbonyl (C=O) groups is 1. The number of hydrogen-bond acceptors (Lipinski definition) is 5. The first kappa shape index (κ1) is 11.6.